The van der Waals surface area contributed by atoms with Gasteiger partial charge in [-0.1, -0.05) is 72.8 Å². The average Bonchev–Trinajstić information content (AvgIpc) is 2.82. The molecule has 31 heavy (non-hydrogen) atoms. The van der Waals surface area contributed by atoms with E-state index in [-0.39, 0.29) is 10.8 Å². The van der Waals surface area contributed by atoms with Crippen molar-refractivity contribution in [3.63, 3.8) is 0 Å². The summed E-state index contributed by atoms with van der Waals surface area (Å²) < 4.78 is 26.4. The number of guanidine groups is 1. The summed E-state index contributed by atoms with van der Waals surface area (Å²) in [5.74, 6) is 0.823. The molecule has 3 aromatic carbocycles. The van der Waals surface area contributed by atoms with Gasteiger partial charge in [0.2, 0.25) is 10.0 Å². The molecular formula is C24H28N4O2S. The molecule has 0 aromatic heterocycles. The molecule has 0 fully saturated rings. The SMILES string of the molecule is CN=C(NCc1cccc(S(=O)(=O)NC)c1)NCC(c1ccccc1)c1ccccc1. The molecule has 0 saturated carbocycles. The molecule has 162 valence electrons. The van der Waals surface area contributed by atoms with Gasteiger partial charge in [-0.2, -0.15) is 0 Å². The summed E-state index contributed by atoms with van der Waals surface area (Å²) >= 11 is 0. The first kappa shape index (κ1) is 22.5. The average molecular weight is 437 g/mol. The van der Waals surface area contributed by atoms with Gasteiger partial charge in [-0.3, -0.25) is 4.99 Å². The molecule has 0 radical (unpaired) electrons. The first-order chi connectivity index (χ1) is 15.0. The van der Waals surface area contributed by atoms with Crippen LogP contribution in [0.5, 0.6) is 0 Å². The van der Waals surface area contributed by atoms with Gasteiger partial charge >= 0.3 is 0 Å². The highest BCUT2D eigenvalue weighted by atomic mass is 32.2. The van der Waals surface area contributed by atoms with Gasteiger partial charge in [0.25, 0.3) is 0 Å². The molecule has 3 aromatic rings. The highest BCUT2D eigenvalue weighted by Gasteiger charge is 2.15. The number of nitrogens with one attached hydrogen (secondary N) is 3. The van der Waals surface area contributed by atoms with Crippen LogP contribution in [0.4, 0.5) is 0 Å². The maximum Gasteiger partial charge on any atom is 0.240 e. The maximum atomic E-state index is 12.0. The lowest BCUT2D eigenvalue weighted by atomic mass is 9.91. The van der Waals surface area contributed by atoms with Gasteiger partial charge in [0.15, 0.2) is 5.96 Å². The molecule has 0 saturated heterocycles. The number of benzene rings is 3. The van der Waals surface area contributed by atoms with Crippen LogP contribution in [0.25, 0.3) is 0 Å². The van der Waals surface area contributed by atoms with Gasteiger partial charge in [-0.25, -0.2) is 13.1 Å². The molecule has 7 heteroatoms. The zero-order valence-corrected chi connectivity index (χ0v) is 18.6. The third kappa shape index (κ3) is 6.16. The highest BCUT2D eigenvalue weighted by molar-refractivity contribution is 7.89. The minimum atomic E-state index is -3.47. The fraction of sp³-hybridized carbons (Fsp3) is 0.208. The zero-order chi connectivity index (χ0) is 22.1. The van der Waals surface area contributed by atoms with Crippen molar-refractivity contribution in [1.29, 1.82) is 0 Å². The van der Waals surface area contributed by atoms with E-state index in [1.807, 2.05) is 42.5 Å². The van der Waals surface area contributed by atoms with Crippen molar-refractivity contribution >= 4 is 16.0 Å². The van der Waals surface area contributed by atoms with E-state index in [1.165, 1.54) is 18.2 Å². The maximum absolute atomic E-state index is 12.0. The molecule has 0 spiro atoms. The van der Waals surface area contributed by atoms with Crippen molar-refractivity contribution < 1.29 is 8.42 Å². The first-order valence-corrected chi connectivity index (χ1v) is 11.6. The lowest BCUT2D eigenvalue weighted by Crippen LogP contribution is -2.39. The minimum Gasteiger partial charge on any atom is -0.355 e. The Bertz CT molecular complexity index is 1060. The summed E-state index contributed by atoms with van der Waals surface area (Å²) in [6.45, 7) is 1.12. The summed E-state index contributed by atoms with van der Waals surface area (Å²) in [7, 11) is -0.347. The van der Waals surface area contributed by atoms with Crippen LogP contribution in [0, 0.1) is 0 Å². The van der Waals surface area contributed by atoms with Crippen LogP contribution in [0.15, 0.2) is 94.8 Å². The van der Waals surface area contributed by atoms with Crippen LogP contribution in [0.1, 0.15) is 22.6 Å². The van der Waals surface area contributed by atoms with Gasteiger partial charge in [-0.15, -0.1) is 0 Å². The quantitative estimate of drug-likeness (QED) is 0.374. The molecule has 0 aliphatic rings. The molecule has 0 unspecified atom stereocenters. The van der Waals surface area contributed by atoms with Crippen molar-refractivity contribution in [2.24, 2.45) is 4.99 Å². The number of rotatable bonds is 8. The van der Waals surface area contributed by atoms with E-state index in [0.717, 1.165) is 5.56 Å². The standard InChI is InChI=1S/C24H28N4O2S/c1-25-24(27-17-19-10-9-15-22(16-19)31(29,30)26-2)28-18-23(20-11-5-3-6-12-20)21-13-7-4-8-14-21/h3-16,23,26H,17-18H2,1-2H3,(H2,25,27,28). The molecule has 0 bridgehead atoms. The number of nitrogens with zero attached hydrogens (tertiary/aromatic N) is 1. The Morgan fingerprint density at radius 2 is 1.48 bits per heavy atom. The Morgan fingerprint density at radius 3 is 2.03 bits per heavy atom. The topological polar surface area (TPSA) is 82.6 Å². The molecule has 3 N–H and O–H groups in total. The third-order valence-corrected chi connectivity index (χ3v) is 6.45. The first-order valence-electron chi connectivity index (χ1n) is 10.1. The Morgan fingerprint density at radius 1 is 0.871 bits per heavy atom. The third-order valence-electron chi connectivity index (χ3n) is 5.04. The van der Waals surface area contributed by atoms with Crippen LogP contribution >= 0.6 is 0 Å². The van der Waals surface area contributed by atoms with Crippen molar-refractivity contribution in [3.8, 4) is 0 Å². The van der Waals surface area contributed by atoms with E-state index in [4.69, 9.17) is 0 Å². The molecule has 0 heterocycles. The number of sulfonamides is 1. The molecule has 0 aliphatic heterocycles. The van der Waals surface area contributed by atoms with E-state index < -0.39 is 10.0 Å². The van der Waals surface area contributed by atoms with Crippen LogP contribution in [0.3, 0.4) is 0 Å². The molecule has 6 nitrogen and oxygen atoms in total. The van der Waals surface area contributed by atoms with E-state index in [1.54, 1.807) is 25.2 Å². The summed E-state index contributed by atoms with van der Waals surface area (Å²) in [5.41, 5.74) is 3.30. The van der Waals surface area contributed by atoms with Crippen molar-refractivity contribution in [2.45, 2.75) is 17.4 Å². The van der Waals surface area contributed by atoms with Crippen LogP contribution in [-0.2, 0) is 16.6 Å². The smallest absolute Gasteiger partial charge is 0.240 e. The predicted molar refractivity (Wildman–Crippen MR) is 126 cm³/mol. The van der Waals surface area contributed by atoms with Gasteiger partial charge in [0, 0.05) is 26.1 Å². The van der Waals surface area contributed by atoms with E-state index in [2.05, 4.69) is 44.6 Å². The van der Waals surface area contributed by atoms with E-state index in [9.17, 15) is 8.42 Å². The van der Waals surface area contributed by atoms with Crippen LogP contribution < -0.4 is 15.4 Å². The molecular weight excluding hydrogens is 408 g/mol. The predicted octanol–water partition coefficient (Wildman–Crippen LogP) is 3.09. The molecule has 0 amide bonds. The molecule has 3 rings (SSSR count). The summed E-state index contributed by atoms with van der Waals surface area (Å²) in [6.07, 6.45) is 0. The summed E-state index contributed by atoms with van der Waals surface area (Å²) in [4.78, 5) is 4.55. The number of aliphatic imine (C=N–C) groups is 1. The van der Waals surface area contributed by atoms with Crippen LogP contribution in [0.2, 0.25) is 0 Å². The van der Waals surface area contributed by atoms with Crippen LogP contribution in [-0.4, -0.2) is 35.0 Å². The Labute approximate surface area is 184 Å². The second-order valence-electron chi connectivity index (χ2n) is 7.04. The largest absolute Gasteiger partial charge is 0.355 e. The molecule has 0 atom stereocenters. The van der Waals surface area contributed by atoms with Gasteiger partial charge in [0.1, 0.15) is 0 Å². The monoisotopic (exact) mass is 436 g/mol. The normalized spacial score (nSPS) is 12.0. The van der Waals surface area contributed by atoms with Crippen molar-refractivity contribution in [2.75, 3.05) is 20.6 Å². The summed E-state index contributed by atoms with van der Waals surface area (Å²) in [5, 5.41) is 6.67. The van der Waals surface area contributed by atoms with E-state index >= 15 is 0 Å². The summed E-state index contributed by atoms with van der Waals surface area (Å²) in [6, 6.07) is 27.6. The second-order valence-corrected chi connectivity index (χ2v) is 8.92. The van der Waals surface area contributed by atoms with Gasteiger partial charge in [-0.05, 0) is 35.9 Å². The zero-order valence-electron chi connectivity index (χ0n) is 17.7. The Balaban J connectivity index is 1.67. The minimum absolute atomic E-state index is 0.171. The number of hydrogen-bond acceptors (Lipinski definition) is 3. The molecule has 0 aliphatic carbocycles. The Hall–Kier alpha value is -3.16. The lowest BCUT2D eigenvalue weighted by Gasteiger charge is -2.20. The van der Waals surface area contributed by atoms with Gasteiger partial charge < -0.3 is 10.6 Å². The Kier molecular flexibility index (Phi) is 7.81. The van der Waals surface area contributed by atoms with Crippen molar-refractivity contribution in [1.82, 2.24) is 15.4 Å². The number of hydrogen-bond donors (Lipinski definition) is 3. The highest BCUT2D eigenvalue weighted by Crippen LogP contribution is 2.23. The fourth-order valence-electron chi connectivity index (χ4n) is 3.34. The second kappa shape index (κ2) is 10.7. The van der Waals surface area contributed by atoms with E-state index in [0.29, 0.717) is 19.0 Å². The lowest BCUT2D eigenvalue weighted by molar-refractivity contribution is 0.588. The van der Waals surface area contributed by atoms with Crippen molar-refractivity contribution in [3.05, 3.63) is 102 Å². The van der Waals surface area contributed by atoms with Gasteiger partial charge in [0.05, 0.1) is 4.90 Å². The fourth-order valence-corrected chi connectivity index (χ4v) is 4.14.